The van der Waals surface area contributed by atoms with Crippen molar-refractivity contribution in [3.63, 3.8) is 0 Å². The summed E-state index contributed by atoms with van der Waals surface area (Å²) in [6, 6.07) is 5.28. The minimum Gasteiger partial charge on any atom is -0.545 e. The first-order chi connectivity index (χ1) is 8.04. The average molecular weight is 237 g/mol. The maximum atomic E-state index is 11.5. The summed E-state index contributed by atoms with van der Waals surface area (Å²) in [7, 11) is 0. The zero-order valence-corrected chi connectivity index (χ0v) is 9.38. The molecule has 1 N–H and O–H groups in total. The Kier molecular flexibility index (Phi) is 4.66. The number of hydrogen-bond acceptors (Lipinski definition) is 5. The lowest BCUT2D eigenvalue weighted by atomic mass is 10.1. The fourth-order valence-corrected chi connectivity index (χ4v) is 1.27. The lowest BCUT2D eigenvalue weighted by Gasteiger charge is -2.11. The molecule has 0 fully saturated rings. The number of esters is 1. The van der Waals surface area contributed by atoms with Crippen molar-refractivity contribution in [3.8, 4) is 0 Å². The van der Waals surface area contributed by atoms with E-state index in [-0.39, 0.29) is 11.1 Å². The average Bonchev–Trinajstić information content (AvgIpc) is 2.29. The van der Waals surface area contributed by atoms with Crippen LogP contribution in [0.2, 0.25) is 0 Å². The van der Waals surface area contributed by atoms with E-state index < -0.39 is 18.2 Å². The van der Waals surface area contributed by atoms with Crippen molar-refractivity contribution in [2.45, 2.75) is 26.1 Å². The van der Waals surface area contributed by atoms with Gasteiger partial charge in [0.15, 0.2) is 0 Å². The predicted octanol–water partition coefficient (Wildman–Crippen LogP) is 0.325. The van der Waals surface area contributed by atoms with Crippen LogP contribution >= 0.6 is 0 Å². The van der Waals surface area contributed by atoms with Gasteiger partial charge in [0, 0.05) is 6.42 Å². The van der Waals surface area contributed by atoms with Gasteiger partial charge in [-0.25, -0.2) is 4.79 Å². The van der Waals surface area contributed by atoms with E-state index in [0.717, 1.165) is 6.07 Å². The molecule has 1 aromatic carbocycles. The highest BCUT2D eigenvalue weighted by molar-refractivity contribution is 5.93. The third kappa shape index (κ3) is 3.88. The number of aliphatic hydroxyl groups excluding tert-OH is 1. The Morgan fingerprint density at radius 1 is 1.41 bits per heavy atom. The van der Waals surface area contributed by atoms with Crippen LogP contribution in [0.4, 0.5) is 0 Å². The molecule has 1 aromatic rings. The standard InChI is InChI=1S/C12H14O5/c1-2-4-10(13)17-12(16)9-6-3-5-8(7-9)11(14)15/h3,5-7,10,13H,2,4H2,1H3,(H,14,15)/p-1. The second-order valence-corrected chi connectivity index (χ2v) is 3.52. The molecule has 17 heavy (non-hydrogen) atoms. The number of ether oxygens (including phenoxy) is 1. The molecule has 1 rings (SSSR count). The number of carbonyl (C=O) groups excluding carboxylic acids is 2. The van der Waals surface area contributed by atoms with Crippen LogP contribution in [0.1, 0.15) is 40.5 Å². The van der Waals surface area contributed by atoms with E-state index in [0.29, 0.717) is 12.8 Å². The van der Waals surface area contributed by atoms with Gasteiger partial charge in [-0.3, -0.25) is 0 Å². The highest BCUT2D eigenvalue weighted by atomic mass is 16.6. The Hall–Kier alpha value is -1.88. The van der Waals surface area contributed by atoms with E-state index in [9.17, 15) is 19.8 Å². The molecule has 5 nitrogen and oxygen atoms in total. The molecular formula is C12H13O5-. The molecule has 0 saturated carbocycles. The topological polar surface area (TPSA) is 86.7 Å². The maximum absolute atomic E-state index is 11.5. The molecule has 0 radical (unpaired) electrons. The highest BCUT2D eigenvalue weighted by Gasteiger charge is 2.12. The van der Waals surface area contributed by atoms with E-state index in [1.54, 1.807) is 0 Å². The van der Waals surface area contributed by atoms with Crippen LogP contribution in [-0.2, 0) is 4.74 Å². The minimum absolute atomic E-state index is 0.0712. The fourth-order valence-electron chi connectivity index (χ4n) is 1.27. The Labute approximate surface area is 98.6 Å². The van der Waals surface area contributed by atoms with E-state index in [4.69, 9.17) is 4.74 Å². The summed E-state index contributed by atoms with van der Waals surface area (Å²) in [6.07, 6.45) is -0.154. The van der Waals surface area contributed by atoms with Crippen molar-refractivity contribution < 1.29 is 24.5 Å². The smallest absolute Gasteiger partial charge is 0.340 e. The first-order valence-electron chi connectivity index (χ1n) is 5.25. The molecule has 0 bridgehead atoms. The Balaban J connectivity index is 2.75. The van der Waals surface area contributed by atoms with Crippen molar-refractivity contribution in [1.29, 1.82) is 0 Å². The van der Waals surface area contributed by atoms with E-state index in [1.807, 2.05) is 6.92 Å². The number of carboxylic acid groups (broad SMARTS) is 1. The largest absolute Gasteiger partial charge is 0.545 e. The lowest BCUT2D eigenvalue weighted by Crippen LogP contribution is -2.23. The van der Waals surface area contributed by atoms with Gasteiger partial charge in [0.25, 0.3) is 0 Å². The van der Waals surface area contributed by atoms with Crippen molar-refractivity contribution >= 4 is 11.9 Å². The quantitative estimate of drug-likeness (QED) is 0.589. The summed E-state index contributed by atoms with van der Waals surface area (Å²) in [4.78, 5) is 22.1. The van der Waals surface area contributed by atoms with Crippen LogP contribution < -0.4 is 5.11 Å². The predicted molar refractivity (Wildman–Crippen MR) is 57.1 cm³/mol. The van der Waals surface area contributed by atoms with Gasteiger partial charge in [-0.05, 0) is 17.7 Å². The van der Waals surface area contributed by atoms with Gasteiger partial charge in [0.1, 0.15) is 0 Å². The highest BCUT2D eigenvalue weighted by Crippen LogP contribution is 2.08. The third-order valence-corrected chi connectivity index (χ3v) is 2.11. The summed E-state index contributed by atoms with van der Waals surface area (Å²) in [5.41, 5.74) is -0.0358. The number of aromatic carboxylic acids is 1. The van der Waals surface area contributed by atoms with Gasteiger partial charge < -0.3 is 19.7 Å². The Morgan fingerprint density at radius 3 is 2.65 bits per heavy atom. The summed E-state index contributed by atoms with van der Waals surface area (Å²) < 4.78 is 4.71. The summed E-state index contributed by atoms with van der Waals surface area (Å²) in [5, 5.41) is 19.9. The van der Waals surface area contributed by atoms with Crippen molar-refractivity contribution in [2.24, 2.45) is 0 Å². The Morgan fingerprint density at radius 2 is 2.06 bits per heavy atom. The second-order valence-electron chi connectivity index (χ2n) is 3.52. The molecule has 0 aliphatic rings. The number of benzene rings is 1. The maximum Gasteiger partial charge on any atom is 0.340 e. The molecule has 0 aliphatic heterocycles. The monoisotopic (exact) mass is 237 g/mol. The van der Waals surface area contributed by atoms with Crippen LogP contribution in [-0.4, -0.2) is 23.3 Å². The third-order valence-electron chi connectivity index (χ3n) is 2.11. The number of hydrogen-bond donors (Lipinski definition) is 1. The van der Waals surface area contributed by atoms with Crippen molar-refractivity contribution in [1.82, 2.24) is 0 Å². The molecule has 0 aromatic heterocycles. The van der Waals surface area contributed by atoms with Crippen LogP contribution in [0.3, 0.4) is 0 Å². The fraction of sp³-hybridized carbons (Fsp3) is 0.333. The van der Waals surface area contributed by atoms with Gasteiger partial charge in [-0.15, -0.1) is 0 Å². The number of aliphatic hydroxyl groups is 1. The van der Waals surface area contributed by atoms with E-state index in [1.165, 1.54) is 18.2 Å². The SMILES string of the molecule is CCCC(O)OC(=O)c1cccc(C(=O)[O-])c1. The minimum atomic E-state index is -1.37. The first-order valence-corrected chi connectivity index (χ1v) is 5.25. The van der Waals surface area contributed by atoms with Crippen LogP contribution in [0.15, 0.2) is 24.3 Å². The van der Waals surface area contributed by atoms with Gasteiger partial charge in [0.05, 0.1) is 11.5 Å². The normalized spacial score (nSPS) is 11.9. The van der Waals surface area contributed by atoms with Crippen LogP contribution in [0.25, 0.3) is 0 Å². The molecule has 0 amide bonds. The van der Waals surface area contributed by atoms with Gasteiger partial charge in [0.2, 0.25) is 6.29 Å². The number of carboxylic acids is 1. The van der Waals surface area contributed by atoms with Crippen molar-refractivity contribution in [2.75, 3.05) is 0 Å². The molecule has 0 saturated heterocycles. The van der Waals surface area contributed by atoms with Crippen molar-refractivity contribution in [3.05, 3.63) is 35.4 Å². The lowest BCUT2D eigenvalue weighted by molar-refractivity contribution is -0.255. The summed E-state index contributed by atoms with van der Waals surface area (Å²) in [6.45, 7) is 1.84. The molecule has 0 heterocycles. The summed E-state index contributed by atoms with van der Waals surface area (Å²) >= 11 is 0. The van der Waals surface area contributed by atoms with Crippen LogP contribution in [0, 0.1) is 0 Å². The van der Waals surface area contributed by atoms with Gasteiger partial charge in [-0.2, -0.15) is 0 Å². The second kappa shape index (κ2) is 6.00. The number of rotatable bonds is 5. The van der Waals surface area contributed by atoms with Gasteiger partial charge in [-0.1, -0.05) is 25.5 Å². The molecule has 1 unspecified atom stereocenters. The van der Waals surface area contributed by atoms with Gasteiger partial charge >= 0.3 is 5.97 Å². The molecule has 1 atom stereocenters. The zero-order valence-electron chi connectivity index (χ0n) is 9.38. The first kappa shape index (κ1) is 13.2. The summed E-state index contributed by atoms with van der Waals surface area (Å²) in [5.74, 6) is -2.12. The zero-order chi connectivity index (χ0) is 12.8. The number of carbonyl (C=O) groups is 2. The van der Waals surface area contributed by atoms with E-state index >= 15 is 0 Å². The molecule has 92 valence electrons. The molecular weight excluding hydrogens is 224 g/mol. The Bertz CT molecular complexity index is 413. The molecule has 0 spiro atoms. The van der Waals surface area contributed by atoms with E-state index in [2.05, 4.69) is 0 Å². The van der Waals surface area contributed by atoms with Crippen LogP contribution in [0.5, 0.6) is 0 Å². The molecule has 0 aliphatic carbocycles. The molecule has 5 heteroatoms.